The molecule has 1 N–H and O–H groups in total. The molecule has 0 aliphatic carbocycles. The van der Waals surface area contributed by atoms with Crippen LogP contribution in [0.25, 0.3) is 0 Å². The van der Waals surface area contributed by atoms with E-state index in [9.17, 15) is 9.18 Å². The largest absolute Gasteiger partial charge is 0.481 e. The van der Waals surface area contributed by atoms with E-state index in [-0.39, 0.29) is 16.5 Å². The molecule has 0 bridgehead atoms. The van der Waals surface area contributed by atoms with E-state index in [4.69, 9.17) is 4.74 Å². The first-order chi connectivity index (χ1) is 9.28. The molecule has 0 fully saturated rings. The molecule has 1 amide bonds. The second-order valence-corrected chi connectivity index (χ2v) is 7.39. The molecule has 0 saturated carbocycles. The molecule has 112 valence electrons. The Labute approximate surface area is 124 Å². The third kappa shape index (κ3) is 6.80. The summed E-state index contributed by atoms with van der Waals surface area (Å²) in [4.78, 5) is 11.8. The van der Waals surface area contributed by atoms with Gasteiger partial charge in [-0.15, -0.1) is 0 Å². The second kappa shape index (κ2) is 7.53. The lowest BCUT2D eigenvalue weighted by Gasteiger charge is -2.18. The number of nitrogens with one attached hydrogen (secondary N) is 1. The van der Waals surface area contributed by atoms with Gasteiger partial charge < -0.3 is 10.1 Å². The lowest BCUT2D eigenvalue weighted by atomic mass is 10.3. The van der Waals surface area contributed by atoms with Crippen LogP contribution in [-0.4, -0.2) is 29.1 Å². The molecule has 1 atom stereocenters. The molecule has 0 unspecified atom stereocenters. The van der Waals surface area contributed by atoms with Crippen molar-refractivity contribution in [1.82, 2.24) is 5.32 Å². The maximum Gasteiger partial charge on any atom is 0.260 e. The first-order valence-electron chi connectivity index (χ1n) is 6.62. The second-order valence-electron chi connectivity index (χ2n) is 5.47. The number of hydrogen-bond acceptors (Lipinski definition) is 3. The molecule has 1 rings (SSSR count). The van der Waals surface area contributed by atoms with Gasteiger partial charge in [0.2, 0.25) is 0 Å². The highest BCUT2D eigenvalue weighted by molar-refractivity contribution is 8.00. The van der Waals surface area contributed by atoms with Crippen LogP contribution in [0.1, 0.15) is 27.7 Å². The van der Waals surface area contributed by atoms with Crippen LogP contribution in [0.5, 0.6) is 5.75 Å². The number of benzene rings is 1. The number of rotatable bonds is 6. The summed E-state index contributed by atoms with van der Waals surface area (Å²) in [6.07, 6.45) is -0.597. The van der Waals surface area contributed by atoms with Gasteiger partial charge in [-0.05, 0) is 31.2 Å². The van der Waals surface area contributed by atoms with Gasteiger partial charge in [0.25, 0.3) is 5.91 Å². The molecular weight excluding hydrogens is 277 g/mol. The van der Waals surface area contributed by atoms with Crippen LogP contribution in [0.3, 0.4) is 0 Å². The van der Waals surface area contributed by atoms with Crippen molar-refractivity contribution in [3.63, 3.8) is 0 Å². The minimum atomic E-state index is -0.597. The van der Waals surface area contributed by atoms with Gasteiger partial charge in [-0.2, -0.15) is 11.8 Å². The van der Waals surface area contributed by atoms with E-state index in [1.807, 2.05) is 0 Å². The molecule has 1 aromatic carbocycles. The third-order valence-corrected chi connectivity index (χ3v) is 3.71. The van der Waals surface area contributed by atoms with Crippen LogP contribution < -0.4 is 10.1 Å². The average Bonchev–Trinajstić information content (AvgIpc) is 2.36. The van der Waals surface area contributed by atoms with Gasteiger partial charge in [0.05, 0.1) is 0 Å². The van der Waals surface area contributed by atoms with Gasteiger partial charge in [0.15, 0.2) is 6.10 Å². The predicted molar refractivity (Wildman–Crippen MR) is 81.7 cm³/mol. The minimum absolute atomic E-state index is 0.163. The van der Waals surface area contributed by atoms with Gasteiger partial charge in [-0.3, -0.25) is 4.79 Å². The first-order valence-corrected chi connectivity index (χ1v) is 7.60. The number of halogens is 1. The van der Waals surface area contributed by atoms with E-state index in [1.54, 1.807) is 18.7 Å². The predicted octanol–water partition coefficient (Wildman–Crippen LogP) is 3.24. The van der Waals surface area contributed by atoms with E-state index in [1.165, 1.54) is 24.3 Å². The number of ether oxygens (including phenoxy) is 1. The summed E-state index contributed by atoms with van der Waals surface area (Å²) in [5.74, 6) is 0.856. The number of thioether (sulfide) groups is 1. The summed E-state index contributed by atoms with van der Waals surface area (Å²) in [5.41, 5.74) is 0. The standard InChI is InChI=1S/C15H22FNO2S/c1-11(19-13-7-5-12(16)6-8-13)14(18)17-9-10-20-15(2,3)4/h5-8,11H,9-10H2,1-4H3,(H,17,18)/t11-/m0/s1. The molecule has 1 aromatic rings. The molecule has 0 heterocycles. The lowest BCUT2D eigenvalue weighted by molar-refractivity contribution is -0.127. The Balaban J connectivity index is 2.30. The third-order valence-electron chi connectivity index (χ3n) is 2.43. The van der Waals surface area contributed by atoms with Crippen LogP contribution in [0.4, 0.5) is 4.39 Å². The highest BCUT2D eigenvalue weighted by Crippen LogP contribution is 2.22. The average molecular weight is 299 g/mol. The fourth-order valence-corrected chi connectivity index (χ4v) is 2.26. The minimum Gasteiger partial charge on any atom is -0.481 e. The van der Waals surface area contributed by atoms with Crippen LogP contribution in [-0.2, 0) is 4.79 Å². The number of carbonyl (C=O) groups is 1. The zero-order valence-corrected chi connectivity index (χ0v) is 13.2. The summed E-state index contributed by atoms with van der Waals surface area (Å²) in [6, 6.07) is 5.63. The first kappa shape index (κ1) is 16.8. The van der Waals surface area contributed by atoms with E-state index in [2.05, 4.69) is 26.1 Å². The summed E-state index contributed by atoms with van der Waals surface area (Å²) in [6.45, 7) is 8.70. The van der Waals surface area contributed by atoms with Crippen molar-refractivity contribution in [2.24, 2.45) is 0 Å². The fraction of sp³-hybridized carbons (Fsp3) is 0.533. The normalized spacial score (nSPS) is 12.8. The summed E-state index contributed by atoms with van der Waals surface area (Å²) in [7, 11) is 0. The van der Waals surface area contributed by atoms with Gasteiger partial charge in [-0.25, -0.2) is 4.39 Å². The Morgan fingerprint density at radius 1 is 1.35 bits per heavy atom. The maximum absolute atomic E-state index is 12.7. The summed E-state index contributed by atoms with van der Waals surface area (Å²) < 4.78 is 18.4. The topological polar surface area (TPSA) is 38.3 Å². The van der Waals surface area contributed by atoms with E-state index in [0.29, 0.717) is 12.3 Å². The Hall–Kier alpha value is -1.23. The lowest BCUT2D eigenvalue weighted by Crippen LogP contribution is -2.37. The van der Waals surface area contributed by atoms with Crippen LogP contribution in [0, 0.1) is 5.82 Å². The quantitative estimate of drug-likeness (QED) is 0.820. The van der Waals surface area contributed by atoms with Crippen molar-refractivity contribution in [1.29, 1.82) is 0 Å². The molecule has 0 aliphatic rings. The Morgan fingerprint density at radius 3 is 2.50 bits per heavy atom. The SMILES string of the molecule is C[C@H](Oc1ccc(F)cc1)C(=O)NCCSC(C)(C)C. The Morgan fingerprint density at radius 2 is 1.95 bits per heavy atom. The van der Waals surface area contributed by atoms with Gasteiger partial charge >= 0.3 is 0 Å². The number of carbonyl (C=O) groups excluding carboxylic acids is 1. The highest BCUT2D eigenvalue weighted by atomic mass is 32.2. The maximum atomic E-state index is 12.7. The fourth-order valence-electron chi connectivity index (χ4n) is 1.45. The molecular formula is C15H22FNO2S. The van der Waals surface area contributed by atoms with Crippen molar-refractivity contribution in [3.05, 3.63) is 30.1 Å². The van der Waals surface area contributed by atoms with Crippen molar-refractivity contribution in [2.75, 3.05) is 12.3 Å². The van der Waals surface area contributed by atoms with E-state index >= 15 is 0 Å². The zero-order valence-electron chi connectivity index (χ0n) is 12.4. The van der Waals surface area contributed by atoms with Gasteiger partial charge in [-0.1, -0.05) is 20.8 Å². The monoisotopic (exact) mass is 299 g/mol. The molecule has 0 aliphatic heterocycles. The van der Waals surface area contributed by atoms with Crippen LogP contribution >= 0.6 is 11.8 Å². The molecule has 0 radical (unpaired) electrons. The Kier molecular flexibility index (Phi) is 6.33. The van der Waals surface area contributed by atoms with Crippen molar-refractivity contribution in [3.8, 4) is 5.75 Å². The summed E-state index contributed by atoms with van der Waals surface area (Å²) >= 11 is 1.80. The zero-order chi connectivity index (χ0) is 15.2. The smallest absolute Gasteiger partial charge is 0.260 e. The number of amides is 1. The van der Waals surface area contributed by atoms with Crippen LogP contribution in [0.2, 0.25) is 0 Å². The summed E-state index contributed by atoms with van der Waals surface area (Å²) in [5, 5.41) is 2.83. The van der Waals surface area contributed by atoms with E-state index in [0.717, 1.165) is 5.75 Å². The molecule has 3 nitrogen and oxygen atoms in total. The van der Waals surface area contributed by atoms with E-state index < -0.39 is 6.10 Å². The molecule has 0 spiro atoms. The number of hydrogen-bond donors (Lipinski definition) is 1. The van der Waals surface area contributed by atoms with Gasteiger partial charge in [0.1, 0.15) is 11.6 Å². The molecule has 20 heavy (non-hydrogen) atoms. The molecule has 0 saturated heterocycles. The Bertz CT molecular complexity index is 428. The van der Waals surface area contributed by atoms with Gasteiger partial charge in [0, 0.05) is 17.0 Å². The van der Waals surface area contributed by atoms with Crippen LogP contribution in [0.15, 0.2) is 24.3 Å². The molecule has 5 heteroatoms. The molecule has 0 aromatic heterocycles. The van der Waals surface area contributed by atoms with Crippen molar-refractivity contribution in [2.45, 2.75) is 38.5 Å². The van der Waals surface area contributed by atoms with Crippen molar-refractivity contribution >= 4 is 17.7 Å². The highest BCUT2D eigenvalue weighted by Gasteiger charge is 2.15. The van der Waals surface area contributed by atoms with Crippen molar-refractivity contribution < 1.29 is 13.9 Å².